The molecule has 2 N–H and O–H groups in total. The van der Waals surface area contributed by atoms with E-state index in [2.05, 4.69) is 0 Å². The molecular weight excluding hydrogens is 340 g/mol. The van der Waals surface area contributed by atoms with Gasteiger partial charge in [-0.3, -0.25) is 4.79 Å². The molecule has 5 nitrogen and oxygen atoms in total. The second kappa shape index (κ2) is 8.74. The van der Waals surface area contributed by atoms with Gasteiger partial charge in [0.05, 0.1) is 0 Å². The van der Waals surface area contributed by atoms with Gasteiger partial charge < -0.3 is 20.1 Å². The maximum absolute atomic E-state index is 12.4. The molecule has 0 radical (unpaired) electrons. The van der Waals surface area contributed by atoms with Crippen LogP contribution < -0.4 is 15.2 Å². The Kier molecular flexibility index (Phi) is 6.67. The first-order valence-corrected chi connectivity index (χ1v) is 8.04. The Labute approximate surface area is 154 Å². The van der Waals surface area contributed by atoms with Gasteiger partial charge in [0, 0.05) is 26.1 Å². The van der Waals surface area contributed by atoms with Crippen molar-refractivity contribution in [1.82, 2.24) is 4.90 Å². The number of fused-ring (bicyclic) bond motifs is 1. The van der Waals surface area contributed by atoms with E-state index < -0.39 is 0 Å². The molecule has 1 amide bonds. The van der Waals surface area contributed by atoms with Crippen LogP contribution in [0.15, 0.2) is 48.5 Å². The SMILES string of the molecule is CN(Cc1ccc2c(c1)OCO2)C(=O)CC(N)Cc1ccccc1.Cl. The predicted octanol–water partition coefficient (Wildman–Crippen LogP) is 2.76. The number of carbonyl (C=O) groups is 1. The van der Waals surface area contributed by atoms with Gasteiger partial charge >= 0.3 is 0 Å². The van der Waals surface area contributed by atoms with Crippen molar-refractivity contribution >= 4 is 18.3 Å². The van der Waals surface area contributed by atoms with E-state index in [9.17, 15) is 4.79 Å². The van der Waals surface area contributed by atoms with E-state index >= 15 is 0 Å². The van der Waals surface area contributed by atoms with Crippen molar-refractivity contribution in [2.45, 2.75) is 25.4 Å². The van der Waals surface area contributed by atoms with E-state index in [4.69, 9.17) is 15.2 Å². The number of hydrogen-bond acceptors (Lipinski definition) is 4. The summed E-state index contributed by atoms with van der Waals surface area (Å²) in [5, 5.41) is 0. The van der Waals surface area contributed by atoms with Crippen molar-refractivity contribution in [3.05, 3.63) is 59.7 Å². The van der Waals surface area contributed by atoms with Gasteiger partial charge in [-0.15, -0.1) is 12.4 Å². The average Bonchev–Trinajstić information content (AvgIpc) is 3.03. The Hall–Kier alpha value is -2.24. The number of benzene rings is 2. The highest BCUT2D eigenvalue weighted by Gasteiger charge is 2.17. The largest absolute Gasteiger partial charge is 0.454 e. The van der Waals surface area contributed by atoms with Crippen molar-refractivity contribution in [1.29, 1.82) is 0 Å². The molecule has 0 bridgehead atoms. The van der Waals surface area contributed by atoms with Crippen LogP contribution in [0.25, 0.3) is 0 Å². The third-order valence-corrected chi connectivity index (χ3v) is 4.06. The van der Waals surface area contributed by atoms with Crippen LogP contribution in [-0.2, 0) is 17.8 Å². The first-order chi connectivity index (χ1) is 11.6. The van der Waals surface area contributed by atoms with Crippen molar-refractivity contribution in [3.63, 3.8) is 0 Å². The molecule has 1 aliphatic rings. The fraction of sp³-hybridized carbons (Fsp3) is 0.316. The summed E-state index contributed by atoms with van der Waals surface area (Å²) in [6.45, 7) is 0.773. The molecule has 1 atom stereocenters. The minimum Gasteiger partial charge on any atom is -0.454 e. The fourth-order valence-electron chi connectivity index (χ4n) is 2.77. The zero-order valence-electron chi connectivity index (χ0n) is 14.2. The number of nitrogens with two attached hydrogens (primary N) is 1. The van der Waals surface area contributed by atoms with Crippen LogP contribution in [-0.4, -0.2) is 30.7 Å². The van der Waals surface area contributed by atoms with Crippen molar-refractivity contribution < 1.29 is 14.3 Å². The fourth-order valence-corrected chi connectivity index (χ4v) is 2.77. The Morgan fingerprint density at radius 2 is 1.84 bits per heavy atom. The highest BCUT2D eigenvalue weighted by molar-refractivity contribution is 5.85. The Bertz CT molecular complexity index is 709. The average molecular weight is 363 g/mol. The molecule has 0 aliphatic carbocycles. The highest BCUT2D eigenvalue weighted by atomic mass is 35.5. The highest BCUT2D eigenvalue weighted by Crippen LogP contribution is 2.32. The molecule has 134 valence electrons. The van der Waals surface area contributed by atoms with Crippen LogP contribution in [0, 0.1) is 0 Å². The third kappa shape index (κ3) is 5.11. The molecule has 1 aliphatic heterocycles. The van der Waals surface area contributed by atoms with Crippen LogP contribution in [0.3, 0.4) is 0 Å². The second-order valence-electron chi connectivity index (χ2n) is 6.09. The Morgan fingerprint density at radius 3 is 2.60 bits per heavy atom. The monoisotopic (exact) mass is 362 g/mol. The molecule has 0 saturated carbocycles. The minimum atomic E-state index is -0.181. The van der Waals surface area contributed by atoms with Gasteiger partial charge in [0.25, 0.3) is 0 Å². The predicted molar refractivity (Wildman–Crippen MR) is 99.0 cm³/mol. The zero-order chi connectivity index (χ0) is 16.9. The van der Waals surface area contributed by atoms with Gasteiger partial charge in [0.15, 0.2) is 11.5 Å². The summed E-state index contributed by atoms with van der Waals surface area (Å²) in [6, 6.07) is 15.5. The number of nitrogens with zero attached hydrogens (tertiary/aromatic N) is 1. The summed E-state index contributed by atoms with van der Waals surface area (Å²) in [6.07, 6.45) is 1.03. The lowest BCUT2D eigenvalue weighted by atomic mass is 10.0. The lowest BCUT2D eigenvalue weighted by Gasteiger charge is -2.20. The van der Waals surface area contributed by atoms with E-state index in [-0.39, 0.29) is 31.1 Å². The number of rotatable bonds is 6. The molecule has 2 aromatic carbocycles. The molecule has 0 fully saturated rings. The standard InChI is InChI=1S/C19H22N2O3.ClH/c1-21(12-15-7-8-17-18(10-15)24-13-23-17)19(22)11-16(20)9-14-5-3-2-4-6-14;/h2-8,10,16H,9,11-13,20H2,1H3;1H. The number of halogens is 1. The Balaban J connectivity index is 0.00000225. The number of hydrogen-bond donors (Lipinski definition) is 1. The molecule has 0 aromatic heterocycles. The van der Waals surface area contributed by atoms with Crippen LogP contribution in [0.1, 0.15) is 17.5 Å². The minimum absolute atomic E-state index is 0. The second-order valence-corrected chi connectivity index (χ2v) is 6.09. The van der Waals surface area contributed by atoms with Crippen LogP contribution in [0.5, 0.6) is 11.5 Å². The van der Waals surface area contributed by atoms with Crippen molar-refractivity contribution in [2.75, 3.05) is 13.8 Å². The molecule has 1 heterocycles. The third-order valence-electron chi connectivity index (χ3n) is 4.06. The lowest BCUT2D eigenvalue weighted by molar-refractivity contribution is -0.130. The normalized spacial score (nSPS) is 13.0. The lowest BCUT2D eigenvalue weighted by Crippen LogP contribution is -2.34. The smallest absolute Gasteiger partial charge is 0.231 e. The molecule has 0 spiro atoms. The van der Waals surface area contributed by atoms with Crippen molar-refractivity contribution in [3.8, 4) is 11.5 Å². The summed E-state index contributed by atoms with van der Waals surface area (Å²) >= 11 is 0. The Morgan fingerprint density at radius 1 is 1.12 bits per heavy atom. The maximum Gasteiger partial charge on any atom is 0.231 e. The molecule has 2 aromatic rings. The first-order valence-electron chi connectivity index (χ1n) is 8.04. The van der Waals surface area contributed by atoms with Crippen LogP contribution >= 0.6 is 12.4 Å². The number of carbonyl (C=O) groups excluding carboxylic acids is 1. The number of ether oxygens (including phenoxy) is 2. The quantitative estimate of drug-likeness (QED) is 0.858. The van der Waals surface area contributed by atoms with E-state index in [1.807, 2.05) is 48.5 Å². The number of amides is 1. The van der Waals surface area contributed by atoms with Gasteiger partial charge in [0.1, 0.15) is 0 Å². The van der Waals surface area contributed by atoms with Gasteiger partial charge in [-0.05, 0) is 29.7 Å². The zero-order valence-corrected chi connectivity index (χ0v) is 15.0. The van der Waals surface area contributed by atoms with Gasteiger partial charge in [-0.25, -0.2) is 0 Å². The van der Waals surface area contributed by atoms with Gasteiger partial charge in [-0.2, -0.15) is 0 Å². The van der Waals surface area contributed by atoms with E-state index in [0.717, 1.165) is 22.6 Å². The van der Waals surface area contributed by atoms with Gasteiger partial charge in [-0.1, -0.05) is 36.4 Å². The summed E-state index contributed by atoms with van der Waals surface area (Å²) in [7, 11) is 1.79. The molecule has 0 saturated heterocycles. The molecule has 6 heteroatoms. The van der Waals surface area contributed by atoms with E-state index in [1.54, 1.807) is 11.9 Å². The van der Waals surface area contributed by atoms with Gasteiger partial charge in [0.2, 0.25) is 12.7 Å². The summed E-state index contributed by atoms with van der Waals surface area (Å²) in [4.78, 5) is 14.1. The topological polar surface area (TPSA) is 64.8 Å². The summed E-state index contributed by atoms with van der Waals surface area (Å²) in [5.74, 6) is 1.52. The summed E-state index contributed by atoms with van der Waals surface area (Å²) in [5.41, 5.74) is 8.28. The first kappa shape index (κ1) is 19.1. The maximum atomic E-state index is 12.4. The summed E-state index contributed by atoms with van der Waals surface area (Å²) < 4.78 is 10.7. The van der Waals surface area contributed by atoms with Crippen molar-refractivity contribution in [2.24, 2.45) is 5.73 Å². The van der Waals surface area contributed by atoms with Crippen LogP contribution in [0.4, 0.5) is 0 Å². The molecule has 1 unspecified atom stereocenters. The molecule has 25 heavy (non-hydrogen) atoms. The molecular formula is C19H23ClN2O3. The molecule has 3 rings (SSSR count). The van der Waals surface area contributed by atoms with E-state index in [1.165, 1.54) is 0 Å². The van der Waals surface area contributed by atoms with E-state index in [0.29, 0.717) is 19.4 Å². The van der Waals surface area contributed by atoms with Crippen LogP contribution in [0.2, 0.25) is 0 Å².